The van der Waals surface area contributed by atoms with E-state index in [9.17, 15) is 9.59 Å². The Kier molecular flexibility index (Phi) is 3.01. The Hall–Kier alpha value is -1.68. The fourth-order valence-corrected chi connectivity index (χ4v) is 1.93. The van der Waals surface area contributed by atoms with Gasteiger partial charge in [-0.2, -0.15) is 0 Å². The number of benzene rings is 1. The van der Waals surface area contributed by atoms with Gasteiger partial charge in [0.15, 0.2) is 0 Å². The minimum absolute atomic E-state index is 0.0752. The molecule has 0 radical (unpaired) electrons. The maximum Gasteiger partial charge on any atom is 0.254 e. The zero-order chi connectivity index (χ0) is 11.5. The van der Waals surface area contributed by atoms with Crippen molar-refractivity contribution in [3.63, 3.8) is 0 Å². The Balaban J connectivity index is 2.34. The largest absolute Gasteiger partial charge is 0.392 e. The summed E-state index contributed by atoms with van der Waals surface area (Å²) in [6.45, 7) is 0.652. The van der Waals surface area contributed by atoms with Crippen LogP contribution in [0, 0.1) is 0 Å². The first-order valence-corrected chi connectivity index (χ1v) is 5.22. The second-order valence-corrected chi connectivity index (χ2v) is 3.82. The molecule has 0 aromatic heterocycles. The lowest BCUT2D eigenvalue weighted by Gasteiger charge is -2.27. The van der Waals surface area contributed by atoms with E-state index in [1.165, 1.54) is 4.90 Å². The first-order chi connectivity index (χ1) is 7.76. The van der Waals surface area contributed by atoms with Crippen LogP contribution in [0.4, 0.5) is 0 Å². The van der Waals surface area contributed by atoms with E-state index in [1.807, 2.05) is 12.1 Å². The lowest BCUT2D eigenvalue weighted by molar-refractivity contribution is -0.108. The van der Waals surface area contributed by atoms with Gasteiger partial charge in [-0.15, -0.1) is 0 Å². The van der Waals surface area contributed by atoms with Gasteiger partial charge in [0.2, 0.25) is 0 Å². The normalized spacial score (nSPS) is 14.8. The third-order valence-electron chi connectivity index (χ3n) is 2.82. The third-order valence-corrected chi connectivity index (χ3v) is 2.82. The molecule has 1 aliphatic rings. The Morgan fingerprint density at radius 1 is 1.44 bits per heavy atom. The summed E-state index contributed by atoms with van der Waals surface area (Å²) in [5.41, 5.74) is 2.32. The number of aldehydes is 1. The van der Waals surface area contributed by atoms with Crippen molar-refractivity contribution >= 4 is 12.2 Å². The standard InChI is InChI=1S/C12H13NO3/c14-6-5-13-4-3-10-2-1-9(8-15)7-11(10)12(13)16/h1-2,6-7,15H,3-5,8H2. The van der Waals surface area contributed by atoms with Crippen LogP contribution < -0.4 is 0 Å². The zero-order valence-corrected chi connectivity index (χ0v) is 8.85. The van der Waals surface area contributed by atoms with Gasteiger partial charge in [0.05, 0.1) is 13.2 Å². The predicted molar refractivity (Wildman–Crippen MR) is 58.0 cm³/mol. The van der Waals surface area contributed by atoms with E-state index >= 15 is 0 Å². The van der Waals surface area contributed by atoms with Crippen LogP contribution >= 0.6 is 0 Å². The van der Waals surface area contributed by atoms with Crippen LogP contribution in [0.15, 0.2) is 18.2 Å². The van der Waals surface area contributed by atoms with Crippen LogP contribution in [0.3, 0.4) is 0 Å². The van der Waals surface area contributed by atoms with Crippen molar-refractivity contribution in [3.05, 3.63) is 34.9 Å². The summed E-state index contributed by atoms with van der Waals surface area (Å²) in [6, 6.07) is 5.40. The van der Waals surface area contributed by atoms with Crippen LogP contribution in [-0.2, 0) is 17.8 Å². The van der Waals surface area contributed by atoms with Gasteiger partial charge >= 0.3 is 0 Å². The first-order valence-electron chi connectivity index (χ1n) is 5.22. The molecule has 1 heterocycles. The smallest absolute Gasteiger partial charge is 0.254 e. The van der Waals surface area contributed by atoms with Gasteiger partial charge < -0.3 is 14.8 Å². The molecule has 1 amide bonds. The van der Waals surface area contributed by atoms with Crippen LogP contribution in [0.1, 0.15) is 21.5 Å². The maximum absolute atomic E-state index is 12.0. The number of carbonyl (C=O) groups is 2. The maximum atomic E-state index is 12.0. The van der Waals surface area contributed by atoms with E-state index in [1.54, 1.807) is 6.07 Å². The van der Waals surface area contributed by atoms with Gasteiger partial charge in [0, 0.05) is 12.1 Å². The average molecular weight is 219 g/mol. The van der Waals surface area contributed by atoms with Gasteiger partial charge in [0.25, 0.3) is 5.91 Å². The Labute approximate surface area is 93.5 Å². The molecule has 0 aliphatic carbocycles. The summed E-state index contributed by atoms with van der Waals surface area (Å²) in [6.07, 6.45) is 1.50. The average Bonchev–Trinajstić information content (AvgIpc) is 2.33. The van der Waals surface area contributed by atoms with Gasteiger partial charge in [-0.25, -0.2) is 0 Å². The molecule has 0 bridgehead atoms. The number of hydrogen-bond acceptors (Lipinski definition) is 3. The highest BCUT2D eigenvalue weighted by Gasteiger charge is 2.23. The van der Waals surface area contributed by atoms with Gasteiger partial charge in [0.1, 0.15) is 6.29 Å². The molecule has 2 rings (SSSR count). The highest BCUT2D eigenvalue weighted by molar-refractivity contribution is 5.97. The molecular weight excluding hydrogens is 206 g/mol. The number of nitrogens with zero attached hydrogens (tertiary/aromatic N) is 1. The van der Waals surface area contributed by atoms with Crippen molar-refractivity contribution < 1.29 is 14.7 Å². The molecule has 16 heavy (non-hydrogen) atoms. The third kappa shape index (κ3) is 1.84. The first kappa shape index (κ1) is 10.8. The van der Waals surface area contributed by atoms with Gasteiger partial charge in [-0.1, -0.05) is 12.1 Å². The molecule has 0 saturated carbocycles. The summed E-state index contributed by atoms with van der Waals surface area (Å²) >= 11 is 0. The molecular formula is C12H13NO3. The van der Waals surface area contributed by atoms with E-state index in [0.29, 0.717) is 12.1 Å². The van der Waals surface area contributed by atoms with Crippen LogP contribution in [0.5, 0.6) is 0 Å². The number of amides is 1. The Morgan fingerprint density at radius 2 is 2.25 bits per heavy atom. The highest BCUT2D eigenvalue weighted by Crippen LogP contribution is 2.20. The number of aliphatic hydroxyl groups is 1. The highest BCUT2D eigenvalue weighted by atomic mass is 16.3. The molecule has 0 unspecified atom stereocenters. The van der Waals surface area contributed by atoms with E-state index in [2.05, 4.69) is 0 Å². The molecule has 84 valence electrons. The van der Waals surface area contributed by atoms with Crippen LogP contribution in [-0.4, -0.2) is 35.3 Å². The fraction of sp³-hybridized carbons (Fsp3) is 0.333. The quantitative estimate of drug-likeness (QED) is 0.747. The molecule has 1 N–H and O–H groups in total. The number of carbonyl (C=O) groups excluding carboxylic acids is 2. The van der Waals surface area contributed by atoms with Crippen LogP contribution in [0.25, 0.3) is 0 Å². The van der Waals surface area contributed by atoms with E-state index in [4.69, 9.17) is 5.11 Å². The molecule has 0 fully saturated rings. The molecule has 1 aliphatic heterocycles. The summed E-state index contributed by atoms with van der Waals surface area (Å²) in [4.78, 5) is 23.9. The second kappa shape index (κ2) is 4.45. The van der Waals surface area contributed by atoms with Crippen LogP contribution in [0.2, 0.25) is 0 Å². The van der Waals surface area contributed by atoms with Gasteiger partial charge in [-0.3, -0.25) is 4.79 Å². The summed E-state index contributed by atoms with van der Waals surface area (Å²) in [5, 5.41) is 9.01. The Morgan fingerprint density at radius 3 is 2.94 bits per heavy atom. The molecule has 1 aromatic carbocycles. The van der Waals surface area contributed by atoms with Crippen molar-refractivity contribution in [3.8, 4) is 0 Å². The van der Waals surface area contributed by atoms with Gasteiger partial charge in [-0.05, 0) is 23.6 Å². The molecule has 0 saturated heterocycles. The summed E-state index contributed by atoms with van der Waals surface area (Å²) < 4.78 is 0. The Bertz CT molecular complexity index is 428. The second-order valence-electron chi connectivity index (χ2n) is 3.82. The number of hydrogen-bond donors (Lipinski definition) is 1. The monoisotopic (exact) mass is 219 g/mol. The molecule has 1 aromatic rings. The zero-order valence-electron chi connectivity index (χ0n) is 8.85. The van der Waals surface area contributed by atoms with Crippen molar-refractivity contribution in [1.29, 1.82) is 0 Å². The number of rotatable bonds is 3. The topological polar surface area (TPSA) is 57.6 Å². The summed E-state index contributed by atoms with van der Waals surface area (Å²) in [5.74, 6) is -0.122. The van der Waals surface area contributed by atoms with Crippen molar-refractivity contribution in [2.45, 2.75) is 13.0 Å². The summed E-state index contributed by atoms with van der Waals surface area (Å²) in [7, 11) is 0. The number of fused-ring (bicyclic) bond motifs is 1. The lowest BCUT2D eigenvalue weighted by Crippen LogP contribution is -2.38. The lowest BCUT2D eigenvalue weighted by atomic mass is 9.97. The van der Waals surface area contributed by atoms with E-state index < -0.39 is 0 Å². The van der Waals surface area contributed by atoms with Crippen molar-refractivity contribution in [2.75, 3.05) is 13.1 Å². The predicted octanol–water partition coefficient (Wildman–Crippen LogP) is 0.376. The SMILES string of the molecule is O=CCN1CCc2ccc(CO)cc2C1=O. The van der Waals surface area contributed by atoms with E-state index in [0.717, 1.165) is 23.8 Å². The molecule has 4 heteroatoms. The minimum Gasteiger partial charge on any atom is -0.392 e. The molecule has 0 spiro atoms. The van der Waals surface area contributed by atoms with Crippen molar-refractivity contribution in [2.24, 2.45) is 0 Å². The molecule has 4 nitrogen and oxygen atoms in total. The number of aliphatic hydroxyl groups excluding tert-OH is 1. The molecule has 0 atom stereocenters. The van der Waals surface area contributed by atoms with Crippen molar-refractivity contribution in [1.82, 2.24) is 4.90 Å². The van der Waals surface area contributed by atoms with E-state index in [-0.39, 0.29) is 19.1 Å². The fourth-order valence-electron chi connectivity index (χ4n) is 1.93. The minimum atomic E-state index is -0.122.